The smallest absolute Gasteiger partial charge is 0.120 e. The molecule has 0 saturated carbocycles. The Bertz CT molecular complexity index is 539. The molecule has 3 nitrogen and oxygen atoms in total. The van der Waals surface area contributed by atoms with Crippen LogP contribution in [-0.4, -0.2) is 25.2 Å². The summed E-state index contributed by atoms with van der Waals surface area (Å²) in [6.07, 6.45) is 1.89. The van der Waals surface area contributed by atoms with Gasteiger partial charge in [-0.25, -0.2) is 4.98 Å². The summed E-state index contributed by atoms with van der Waals surface area (Å²) in [5, 5.41) is 3.25. The number of fused-ring (bicyclic) bond motifs is 1. The van der Waals surface area contributed by atoms with Gasteiger partial charge in [-0.15, -0.1) is 11.3 Å². The van der Waals surface area contributed by atoms with Crippen LogP contribution in [0.1, 0.15) is 23.4 Å². The van der Waals surface area contributed by atoms with Crippen LogP contribution < -0.4 is 9.64 Å². The number of likely N-dealkylation sites (N-methyl/N-ethyl adjacent to an activating group) is 1. The van der Waals surface area contributed by atoms with E-state index in [9.17, 15) is 0 Å². The molecule has 1 aromatic carbocycles. The monoisotopic (exact) mass is 260 g/mol. The molecule has 0 aliphatic carbocycles. The Balaban J connectivity index is 2.05. The van der Waals surface area contributed by atoms with E-state index < -0.39 is 0 Å². The van der Waals surface area contributed by atoms with E-state index in [4.69, 9.17) is 4.74 Å². The summed E-state index contributed by atoms with van der Waals surface area (Å²) in [4.78, 5) is 6.86. The Kier molecular flexibility index (Phi) is 2.96. The number of methoxy groups -OCH3 is 1. The third-order valence-corrected chi connectivity index (χ3v) is 4.38. The molecular weight excluding hydrogens is 244 g/mol. The maximum atomic E-state index is 5.32. The molecule has 1 unspecified atom stereocenters. The van der Waals surface area contributed by atoms with E-state index in [0.29, 0.717) is 5.92 Å². The second-order valence-corrected chi connectivity index (χ2v) is 5.31. The molecule has 1 aliphatic heterocycles. The van der Waals surface area contributed by atoms with Crippen LogP contribution in [0.2, 0.25) is 0 Å². The highest BCUT2D eigenvalue weighted by molar-refractivity contribution is 7.09. The van der Waals surface area contributed by atoms with E-state index >= 15 is 0 Å². The van der Waals surface area contributed by atoms with E-state index in [1.54, 1.807) is 18.4 Å². The summed E-state index contributed by atoms with van der Waals surface area (Å²) in [6.45, 7) is 4.22. The van der Waals surface area contributed by atoms with Gasteiger partial charge >= 0.3 is 0 Å². The number of aromatic nitrogens is 1. The quantitative estimate of drug-likeness (QED) is 0.848. The first-order chi connectivity index (χ1) is 8.83. The fourth-order valence-corrected chi connectivity index (χ4v) is 3.30. The fourth-order valence-electron chi connectivity index (χ4n) is 2.55. The lowest BCUT2D eigenvalue weighted by Crippen LogP contribution is -2.21. The van der Waals surface area contributed by atoms with E-state index in [1.165, 1.54) is 16.3 Å². The van der Waals surface area contributed by atoms with Crippen molar-refractivity contribution in [1.29, 1.82) is 0 Å². The standard InChI is InChI=1S/C14H16N2OS/c1-3-16-9-12(14-15-6-7-18-14)11-5-4-10(17-2)8-13(11)16/h4-8,12H,3,9H2,1-2H3. The van der Waals surface area contributed by atoms with Gasteiger partial charge in [0, 0.05) is 36.4 Å². The van der Waals surface area contributed by atoms with Crippen molar-refractivity contribution in [3.05, 3.63) is 40.3 Å². The average Bonchev–Trinajstić information content (AvgIpc) is 3.04. The van der Waals surface area contributed by atoms with Gasteiger partial charge in [-0.05, 0) is 18.6 Å². The molecule has 0 saturated heterocycles. The van der Waals surface area contributed by atoms with Gasteiger partial charge in [-0.1, -0.05) is 6.07 Å². The summed E-state index contributed by atoms with van der Waals surface area (Å²) in [5.41, 5.74) is 2.66. The minimum absolute atomic E-state index is 0.408. The number of benzene rings is 1. The van der Waals surface area contributed by atoms with Crippen LogP contribution >= 0.6 is 11.3 Å². The highest BCUT2D eigenvalue weighted by atomic mass is 32.1. The molecular formula is C14H16N2OS. The van der Waals surface area contributed by atoms with Crippen molar-refractivity contribution in [1.82, 2.24) is 4.98 Å². The van der Waals surface area contributed by atoms with Crippen LogP contribution in [-0.2, 0) is 0 Å². The molecule has 1 atom stereocenters. The third-order valence-electron chi connectivity index (χ3n) is 3.49. The van der Waals surface area contributed by atoms with E-state index in [0.717, 1.165) is 18.8 Å². The number of rotatable bonds is 3. The van der Waals surface area contributed by atoms with Crippen molar-refractivity contribution < 1.29 is 4.74 Å². The first-order valence-corrected chi connectivity index (χ1v) is 7.03. The Morgan fingerprint density at radius 2 is 2.39 bits per heavy atom. The Hall–Kier alpha value is -1.55. The second kappa shape index (κ2) is 4.61. The Morgan fingerprint density at radius 3 is 3.06 bits per heavy atom. The minimum atomic E-state index is 0.408. The van der Waals surface area contributed by atoms with Gasteiger partial charge in [-0.2, -0.15) is 0 Å². The maximum absolute atomic E-state index is 5.32. The van der Waals surface area contributed by atoms with Crippen molar-refractivity contribution >= 4 is 17.0 Å². The van der Waals surface area contributed by atoms with Crippen LogP contribution in [0.5, 0.6) is 5.75 Å². The van der Waals surface area contributed by atoms with Gasteiger partial charge in [0.2, 0.25) is 0 Å². The highest BCUT2D eigenvalue weighted by Crippen LogP contribution is 2.42. The van der Waals surface area contributed by atoms with Crippen molar-refractivity contribution in [2.75, 3.05) is 25.1 Å². The summed E-state index contributed by atoms with van der Waals surface area (Å²) >= 11 is 1.74. The number of hydrogen-bond donors (Lipinski definition) is 0. The molecule has 0 amide bonds. The van der Waals surface area contributed by atoms with Crippen molar-refractivity contribution in [3.63, 3.8) is 0 Å². The lowest BCUT2D eigenvalue weighted by atomic mass is 10.0. The van der Waals surface area contributed by atoms with Gasteiger partial charge in [-0.3, -0.25) is 0 Å². The van der Waals surface area contributed by atoms with Crippen LogP contribution in [0.3, 0.4) is 0 Å². The topological polar surface area (TPSA) is 25.4 Å². The zero-order valence-corrected chi connectivity index (χ0v) is 11.4. The lowest BCUT2D eigenvalue weighted by molar-refractivity contribution is 0.415. The van der Waals surface area contributed by atoms with E-state index in [-0.39, 0.29) is 0 Å². The average molecular weight is 260 g/mol. The molecule has 0 N–H and O–H groups in total. The first-order valence-electron chi connectivity index (χ1n) is 6.15. The molecule has 1 aromatic heterocycles. The molecule has 0 bridgehead atoms. The number of nitrogens with zero attached hydrogens (tertiary/aromatic N) is 2. The number of hydrogen-bond acceptors (Lipinski definition) is 4. The molecule has 0 radical (unpaired) electrons. The normalized spacial score (nSPS) is 17.9. The number of anilines is 1. The first kappa shape index (κ1) is 11.5. The van der Waals surface area contributed by atoms with Crippen LogP contribution in [0, 0.1) is 0 Å². The second-order valence-electron chi connectivity index (χ2n) is 4.39. The minimum Gasteiger partial charge on any atom is -0.497 e. The number of thiazole rings is 1. The van der Waals surface area contributed by atoms with Crippen molar-refractivity contribution in [2.24, 2.45) is 0 Å². The molecule has 0 spiro atoms. The van der Waals surface area contributed by atoms with Crippen molar-refractivity contribution in [2.45, 2.75) is 12.8 Å². The summed E-state index contributed by atoms with van der Waals surface area (Å²) in [7, 11) is 1.71. The Labute approximate surface area is 111 Å². The SMILES string of the molecule is CCN1CC(c2nccs2)c2ccc(OC)cc21. The molecule has 0 fully saturated rings. The number of ether oxygens (including phenoxy) is 1. The summed E-state index contributed by atoms with van der Waals surface area (Å²) < 4.78 is 5.32. The van der Waals surface area contributed by atoms with Crippen LogP contribution in [0.4, 0.5) is 5.69 Å². The fraction of sp³-hybridized carbons (Fsp3) is 0.357. The zero-order chi connectivity index (χ0) is 12.5. The molecule has 2 aromatic rings. The van der Waals surface area contributed by atoms with E-state index in [1.807, 2.05) is 17.6 Å². The molecule has 1 aliphatic rings. The van der Waals surface area contributed by atoms with Gasteiger partial charge < -0.3 is 9.64 Å². The molecule has 3 rings (SSSR count). The predicted octanol–water partition coefficient (Wildman–Crippen LogP) is 3.12. The van der Waals surface area contributed by atoms with E-state index in [2.05, 4.69) is 28.9 Å². The summed E-state index contributed by atoms with van der Waals surface area (Å²) in [6, 6.07) is 6.35. The zero-order valence-electron chi connectivity index (χ0n) is 10.6. The van der Waals surface area contributed by atoms with Gasteiger partial charge in [0.25, 0.3) is 0 Å². The van der Waals surface area contributed by atoms with Gasteiger partial charge in [0.1, 0.15) is 10.8 Å². The van der Waals surface area contributed by atoms with Gasteiger partial charge in [0.15, 0.2) is 0 Å². The van der Waals surface area contributed by atoms with Gasteiger partial charge in [0.05, 0.1) is 13.0 Å². The predicted molar refractivity (Wildman–Crippen MR) is 74.8 cm³/mol. The molecule has 18 heavy (non-hydrogen) atoms. The summed E-state index contributed by atoms with van der Waals surface area (Å²) in [5.74, 6) is 1.33. The molecule has 94 valence electrons. The van der Waals surface area contributed by atoms with Crippen LogP contribution in [0.25, 0.3) is 0 Å². The highest BCUT2D eigenvalue weighted by Gasteiger charge is 2.30. The maximum Gasteiger partial charge on any atom is 0.120 e. The molecule has 2 heterocycles. The lowest BCUT2D eigenvalue weighted by Gasteiger charge is -2.17. The largest absolute Gasteiger partial charge is 0.497 e. The molecule has 4 heteroatoms. The van der Waals surface area contributed by atoms with Crippen LogP contribution in [0.15, 0.2) is 29.8 Å². The Morgan fingerprint density at radius 1 is 1.50 bits per heavy atom. The van der Waals surface area contributed by atoms with Crippen molar-refractivity contribution in [3.8, 4) is 5.75 Å². The third kappa shape index (κ3) is 1.77.